The number of H-pyrrole nitrogens is 1. The number of hydrogen-bond acceptors (Lipinski definition) is 6. The molecule has 0 aromatic carbocycles. The van der Waals surface area contributed by atoms with Gasteiger partial charge in [-0.25, -0.2) is 18.1 Å². The molecule has 0 fully saturated rings. The Balaban J connectivity index is 1.84. The van der Waals surface area contributed by atoms with Crippen LogP contribution < -0.4 is 10.5 Å². The van der Waals surface area contributed by atoms with Crippen LogP contribution in [0.3, 0.4) is 0 Å². The maximum atomic E-state index is 11.8. The second-order valence-corrected chi connectivity index (χ2v) is 5.56. The van der Waals surface area contributed by atoms with Gasteiger partial charge in [0.1, 0.15) is 17.9 Å². The first-order chi connectivity index (χ1) is 9.12. The lowest BCUT2D eigenvalue weighted by Crippen LogP contribution is -2.24. The maximum absolute atomic E-state index is 11.8. The predicted octanol–water partition coefficient (Wildman–Crippen LogP) is -0.233. The lowest BCUT2D eigenvalue weighted by atomic mass is 10.3. The predicted molar refractivity (Wildman–Crippen MR) is 66.5 cm³/mol. The molecule has 0 amide bonds. The molecule has 0 spiro atoms. The summed E-state index contributed by atoms with van der Waals surface area (Å²) in [6.07, 6.45) is 2.64. The van der Waals surface area contributed by atoms with Crippen LogP contribution in [0.1, 0.15) is 18.0 Å². The lowest BCUT2D eigenvalue weighted by Gasteiger charge is -2.03. The molecule has 2 rings (SSSR count). The molecular weight excluding hydrogens is 270 g/mol. The summed E-state index contributed by atoms with van der Waals surface area (Å²) in [5, 5.41) is 6.30. The van der Waals surface area contributed by atoms with Crippen LogP contribution in [0.15, 0.2) is 28.0 Å². The number of furan rings is 1. The summed E-state index contributed by atoms with van der Waals surface area (Å²) in [6.45, 7) is 0.461. The van der Waals surface area contributed by atoms with E-state index in [2.05, 4.69) is 19.9 Å². The van der Waals surface area contributed by atoms with Gasteiger partial charge in [0, 0.05) is 13.0 Å². The van der Waals surface area contributed by atoms with Crippen molar-refractivity contribution in [3.8, 4) is 0 Å². The number of nitrogens with two attached hydrogens (primary N) is 1. The summed E-state index contributed by atoms with van der Waals surface area (Å²) in [7, 11) is -3.61. The summed E-state index contributed by atoms with van der Waals surface area (Å²) in [6, 6.07) is 2.93. The molecule has 0 aliphatic rings. The van der Waals surface area contributed by atoms with Gasteiger partial charge in [0.05, 0.1) is 6.54 Å². The van der Waals surface area contributed by atoms with Gasteiger partial charge in [0.15, 0.2) is 0 Å². The molecule has 0 unspecified atom stereocenters. The van der Waals surface area contributed by atoms with E-state index in [0.29, 0.717) is 25.1 Å². The average Bonchev–Trinajstić information content (AvgIpc) is 3.05. The van der Waals surface area contributed by atoms with Crippen molar-refractivity contribution in [1.29, 1.82) is 0 Å². The number of aromatic amines is 1. The molecule has 19 heavy (non-hydrogen) atoms. The molecule has 2 aromatic rings. The number of aromatic nitrogens is 3. The lowest BCUT2D eigenvalue weighted by molar-refractivity contribution is 0.412. The van der Waals surface area contributed by atoms with Gasteiger partial charge in [-0.15, -0.1) is 0 Å². The highest BCUT2D eigenvalue weighted by Gasteiger charge is 2.17. The van der Waals surface area contributed by atoms with Crippen LogP contribution in [-0.4, -0.2) is 30.1 Å². The Morgan fingerprint density at radius 3 is 2.89 bits per heavy atom. The zero-order valence-electron chi connectivity index (χ0n) is 10.2. The molecule has 8 nitrogen and oxygen atoms in total. The van der Waals surface area contributed by atoms with E-state index in [1.807, 2.05) is 0 Å². The van der Waals surface area contributed by atoms with Gasteiger partial charge >= 0.3 is 0 Å². The average molecular weight is 285 g/mol. The largest absolute Gasteiger partial charge is 0.447 e. The minimum atomic E-state index is -3.61. The summed E-state index contributed by atoms with van der Waals surface area (Å²) in [5.41, 5.74) is 5.36. The van der Waals surface area contributed by atoms with E-state index in [1.165, 1.54) is 12.4 Å². The standard InChI is InChI=1S/C10H15N5O3S/c11-6-8-3-4-10(18-8)19(16,17)14-5-1-2-9-12-7-13-15-9/h3-4,7,14H,1-2,5-6,11H2,(H,12,13,15). The van der Waals surface area contributed by atoms with E-state index in [-0.39, 0.29) is 11.6 Å². The van der Waals surface area contributed by atoms with Crippen LogP contribution >= 0.6 is 0 Å². The van der Waals surface area contributed by atoms with E-state index >= 15 is 0 Å². The van der Waals surface area contributed by atoms with E-state index in [1.54, 1.807) is 6.07 Å². The van der Waals surface area contributed by atoms with Crippen LogP contribution in [0, 0.1) is 0 Å². The van der Waals surface area contributed by atoms with Crippen LogP contribution in [0.4, 0.5) is 0 Å². The molecule has 0 radical (unpaired) electrons. The fraction of sp³-hybridized carbons (Fsp3) is 0.400. The number of hydrogen-bond donors (Lipinski definition) is 3. The molecule has 0 atom stereocenters. The number of nitrogens with one attached hydrogen (secondary N) is 2. The number of aryl methyl sites for hydroxylation is 1. The van der Waals surface area contributed by atoms with E-state index in [4.69, 9.17) is 10.2 Å². The van der Waals surface area contributed by atoms with Crippen molar-refractivity contribution in [2.75, 3.05) is 6.54 Å². The Labute approximate surface area is 110 Å². The Kier molecular flexibility index (Phi) is 4.30. The van der Waals surface area contributed by atoms with E-state index in [9.17, 15) is 8.42 Å². The van der Waals surface area contributed by atoms with Crippen molar-refractivity contribution in [3.05, 3.63) is 30.0 Å². The fourth-order valence-corrected chi connectivity index (χ4v) is 2.52. The van der Waals surface area contributed by atoms with Crippen LogP contribution in [0.2, 0.25) is 0 Å². The molecule has 0 aliphatic heterocycles. The van der Waals surface area contributed by atoms with Crippen molar-refractivity contribution in [2.24, 2.45) is 5.73 Å². The van der Waals surface area contributed by atoms with Crippen LogP contribution in [0.5, 0.6) is 0 Å². The summed E-state index contributed by atoms with van der Waals surface area (Å²) in [5.74, 6) is 1.16. The minimum absolute atomic E-state index is 0.118. The fourth-order valence-electron chi connectivity index (χ4n) is 1.50. The van der Waals surface area contributed by atoms with E-state index in [0.717, 1.165) is 5.82 Å². The van der Waals surface area contributed by atoms with Crippen molar-refractivity contribution in [1.82, 2.24) is 19.9 Å². The molecular formula is C10H15N5O3S. The Morgan fingerprint density at radius 2 is 2.26 bits per heavy atom. The smallest absolute Gasteiger partial charge is 0.273 e. The highest BCUT2D eigenvalue weighted by Crippen LogP contribution is 2.13. The molecule has 104 valence electrons. The van der Waals surface area contributed by atoms with Gasteiger partial charge in [-0.2, -0.15) is 5.10 Å². The molecule has 2 heterocycles. The quantitative estimate of drug-likeness (QED) is 0.603. The van der Waals surface area contributed by atoms with Crippen LogP contribution in [0.25, 0.3) is 0 Å². The number of rotatable bonds is 7. The summed E-state index contributed by atoms with van der Waals surface area (Å²) >= 11 is 0. The summed E-state index contributed by atoms with van der Waals surface area (Å²) < 4.78 is 31.2. The van der Waals surface area contributed by atoms with Crippen molar-refractivity contribution >= 4 is 10.0 Å². The minimum Gasteiger partial charge on any atom is -0.447 e. The summed E-state index contributed by atoms with van der Waals surface area (Å²) in [4.78, 5) is 3.95. The third-order valence-corrected chi connectivity index (χ3v) is 3.78. The molecule has 0 aliphatic carbocycles. The zero-order valence-corrected chi connectivity index (χ0v) is 11.0. The molecule has 2 aromatic heterocycles. The van der Waals surface area contributed by atoms with Crippen molar-refractivity contribution < 1.29 is 12.8 Å². The van der Waals surface area contributed by atoms with Gasteiger partial charge < -0.3 is 10.2 Å². The third-order valence-electron chi connectivity index (χ3n) is 2.45. The monoisotopic (exact) mass is 285 g/mol. The first-order valence-electron chi connectivity index (χ1n) is 5.74. The first-order valence-corrected chi connectivity index (χ1v) is 7.23. The molecule has 4 N–H and O–H groups in total. The Hall–Kier alpha value is -1.71. The SMILES string of the molecule is NCc1ccc(S(=O)(=O)NCCCc2ncn[nH]2)o1. The second kappa shape index (κ2) is 5.95. The number of sulfonamides is 1. The molecule has 9 heteroatoms. The van der Waals surface area contributed by atoms with Gasteiger partial charge in [-0.1, -0.05) is 0 Å². The second-order valence-electron chi connectivity index (χ2n) is 3.86. The molecule has 0 saturated carbocycles. The van der Waals surface area contributed by atoms with Crippen molar-refractivity contribution in [2.45, 2.75) is 24.5 Å². The zero-order chi connectivity index (χ0) is 13.7. The van der Waals surface area contributed by atoms with Crippen molar-refractivity contribution in [3.63, 3.8) is 0 Å². The highest BCUT2D eigenvalue weighted by molar-refractivity contribution is 7.89. The molecule has 0 bridgehead atoms. The maximum Gasteiger partial charge on any atom is 0.273 e. The normalized spacial score (nSPS) is 11.8. The third kappa shape index (κ3) is 3.63. The van der Waals surface area contributed by atoms with Gasteiger partial charge in [-0.3, -0.25) is 5.10 Å². The molecule has 0 saturated heterocycles. The topological polar surface area (TPSA) is 127 Å². The highest BCUT2D eigenvalue weighted by atomic mass is 32.2. The van der Waals surface area contributed by atoms with Gasteiger partial charge in [-0.05, 0) is 18.6 Å². The van der Waals surface area contributed by atoms with Crippen LogP contribution in [-0.2, 0) is 23.0 Å². The Bertz CT molecular complexity index is 605. The first kappa shape index (κ1) is 13.7. The Morgan fingerprint density at radius 1 is 1.42 bits per heavy atom. The van der Waals surface area contributed by atoms with Gasteiger partial charge in [0.25, 0.3) is 10.0 Å². The van der Waals surface area contributed by atoms with Gasteiger partial charge in [0.2, 0.25) is 5.09 Å². The van der Waals surface area contributed by atoms with E-state index < -0.39 is 10.0 Å². The number of nitrogens with zero attached hydrogens (tertiary/aromatic N) is 2.